The summed E-state index contributed by atoms with van der Waals surface area (Å²) in [6.07, 6.45) is 3.30. The molecule has 0 atom stereocenters. The maximum atomic E-state index is 13.4. The third-order valence-electron chi connectivity index (χ3n) is 2.47. The molecule has 3 nitrogen and oxygen atoms in total. The number of aryl methyl sites for hydroxylation is 1. The summed E-state index contributed by atoms with van der Waals surface area (Å²) in [6.45, 7) is 2.85. The van der Waals surface area contributed by atoms with E-state index >= 15 is 0 Å². The van der Waals surface area contributed by atoms with Gasteiger partial charge in [0.25, 0.3) is 0 Å². The maximum Gasteiger partial charge on any atom is 0.200 e. The minimum atomic E-state index is -0.985. The van der Waals surface area contributed by atoms with Crippen molar-refractivity contribution in [3.05, 3.63) is 46.5 Å². The second-order valence-corrected chi connectivity index (χ2v) is 4.58. The van der Waals surface area contributed by atoms with Crippen LogP contribution < -0.4 is 4.74 Å². The van der Waals surface area contributed by atoms with Crippen LogP contribution in [-0.4, -0.2) is 9.55 Å². The lowest BCUT2D eigenvalue weighted by atomic mass is 10.3. The molecule has 1 heterocycles. The zero-order valence-electron chi connectivity index (χ0n) is 9.66. The van der Waals surface area contributed by atoms with Gasteiger partial charge in [-0.2, -0.15) is 4.39 Å². The van der Waals surface area contributed by atoms with E-state index in [0.29, 0.717) is 4.47 Å². The van der Waals surface area contributed by atoms with Crippen molar-refractivity contribution in [1.29, 1.82) is 0 Å². The topological polar surface area (TPSA) is 27.1 Å². The lowest BCUT2D eigenvalue weighted by molar-refractivity contribution is 0.275. The zero-order valence-corrected chi connectivity index (χ0v) is 11.2. The molecule has 0 N–H and O–H groups in total. The Hall–Kier alpha value is -1.43. The van der Waals surface area contributed by atoms with Crippen molar-refractivity contribution in [3.8, 4) is 5.75 Å². The molecule has 96 valence electrons. The number of rotatable bonds is 4. The van der Waals surface area contributed by atoms with Crippen molar-refractivity contribution in [3.63, 3.8) is 0 Å². The van der Waals surface area contributed by atoms with Gasteiger partial charge in [0.1, 0.15) is 6.61 Å². The highest BCUT2D eigenvalue weighted by Crippen LogP contribution is 2.26. The van der Waals surface area contributed by atoms with Gasteiger partial charge in [0.2, 0.25) is 5.82 Å². The van der Waals surface area contributed by atoms with E-state index in [-0.39, 0.29) is 12.4 Å². The highest BCUT2D eigenvalue weighted by molar-refractivity contribution is 9.10. The van der Waals surface area contributed by atoms with Gasteiger partial charge in [-0.05, 0) is 19.1 Å². The van der Waals surface area contributed by atoms with Gasteiger partial charge in [0.05, 0.1) is 18.2 Å². The first kappa shape index (κ1) is 13.0. The summed E-state index contributed by atoms with van der Waals surface area (Å²) < 4.78 is 34.2. The molecule has 2 aromatic rings. The molecule has 0 aliphatic carbocycles. The molecule has 0 saturated heterocycles. The van der Waals surface area contributed by atoms with Crippen LogP contribution in [0.2, 0.25) is 0 Å². The van der Waals surface area contributed by atoms with E-state index in [0.717, 1.165) is 18.3 Å². The van der Waals surface area contributed by atoms with Crippen LogP contribution in [0, 0.1) is 11.6 Å². The molecule has 0 saturated carbocycles. The van der Waals surface area contributed by atoms with Crippen LogP contribution in [-0.2, 0) is 13.2 Å². The Morgan fingerprint density at radius 2 is 2.17 bits per heavy atom. The number of benzene rings is 1. The number of hydrogen-bond donors (Lipinski definition) is 0. The summed E-state index contributed by atoms with van der Waals surface area (Å²) in [5.41, 5.74) is 0.803. The number of nitrogens with zero attached hydrogens (tertiary/aromatic N) is 2. The van der Waals surface area contributed by atoms with E-state index < -0.39 is 11.6 Å². The van der Waals surface area contributed by atoms with Gasteiger partial charge in [-0.25, -0.2) is 9.37 Å². The van der Waals surface area contributed by atoms with Crippen LogP contribution in [0.4, 0.5) is 8.78 Å². The van der Waals surface area contributed by atoms with E-state index in [9.17, 15) is 8.78 Å². The highest BCUT2D eigenvalue weighted by Gasteiger charge is 2.12. The molecule has 0 fully saturated rings. The van der Waals surface area contributed by atoms with Crippen molar-refractivity contribution in [2.75, 3.05) is 0 Å². The molecule has 0 bridgehead atoms. The van der Waals surface area contributed by atoms with Crippen molar-refractivity contribution < 1.29 is 13.5 Å². The number of ether oxygens (including phenoxy) is 1. The molecule has 0 unspecified atom stereocenters. The smallest absolute Gasteiger partial charge is 0.200 e. The molecule has 18 heavy (non-hydrogen) atoms. The third kappa shape index (κ3) is 2.69. The fourth-order valence-corrected chi connectivity index (χ4v) is 1.95. The van der Waals surface area contributed by atoms with Gasteiger partial charge >= 0.3 is 0 Å². The first-order valence-electron chi connectivity index (χ1n) is 5.38. The minimum absolute atomic E-state index is 0.120. The lowest BCUT2D eigenvalue weighted by Crippen LogP contribution is -2.05. The Kier molecular flexibility index (Phi) is 3.96. The van der Waals surface area contributed by atoms with Crippen LogP contribution in [0.1, 0.15) is 12.6 Å². The van der Waals surface area contributed by atoms with Crippen molar-refractivity contribution in [1.82, 2.24) is 9.55 Å². The van der Waals surface area contributed by atoms with Crippen LogP contribution in [0.3, 0.4) is 0 Å². The molecule has 0 aliphatic rings. The first-order chi connectivity index (χ1) is 8.61. The third-order valence-corrected chi connectivity index (χ3v) is 2.93. The summed E-state index contributed by atoms with van der Waals surface area (Å²) in [7, 11) is 0. The normalized spacial score (nSPS) is 10.7. The predicted molar refractivity (Wildman–Crippen MR) is 66.3 cm³/mol. The number of halogens is 3. The predicted octanol–water partition coefficient (Wildman–Crippen LogP) is 3.52. The second kappa shape index (κ2) is 5.48. The summed E-state index contributed by atoms with van der Waals surface area (Å²) in [5.74, 6) is -2.05. The minimum Gasteiger partial charge on any atom is -0.484 e. The molecular weight excluding hydrogens is 306 g/mol. The number of aromatic nitrogens is 2. The summed E-state index contributed by atoms with van der Waals surface area (Å²) >= 11 is 3.09. The Morgan fingerprint density at radius 3 is 2.89 bits per heavy atom. The van der Waals surface area contributed by atoms with Gasteiger partial charge in [-0.3, -0.25) is 0 Å². The molecule has 0 aliphatic heterocycles. The molecule has 6 heteroatoms. The van der Waals surface area contributed by atoms with Crippen molar-refractivity contribution in [2.45, 2.75) is 20.1 Å². The maximum absolute atomic E-state index is 13.4. The Balaban J connectivity index is 2.16. The zero-order chi connectivity index (χ0) is 13.1. The molecule has 0 spiro atoms. The first-order valence-corrected chi connectivity index (χ1v) is 6.17. The molecular formula is C12H11BrF2N2O. The van der Waals surface area contributed by atoms with Crippen LogP contribution >= 0.6 is 15.9 Å². The highest BCUT2D eigenvalue weighted by atomic mass is 79.9. The summed E-state index contributed by atoms with van der Waals surface area (Å²) in [6, 6.07) is 2.45. The fraction of sp³-hybridized carbons (Fsp3) is 0.250. The number of imidazole rings is 1. The Morgan fingerprint density at radius 1 is 1.39 bits per heavy atom. The molecule has 0 radical (unpaired) electrons. The molecule has 0 amide bonds. The van der Waals surface area contributed by atoms with E-state index in [4.69, 9.17) is 4.74 Å². The van der Waals surface area contributed by atoms with Gasteiger partial charge in [0, 0.05) is 11.0 Å². The van der Waals surface area contributed by atoms with Crippen molar-refractivity contribution in [2.24, 2.45) is 0 Å². The SMILES string of the molecule is CCn1cncc1COc1cc(Br)cc(F)c1F. The van der Waals surface area contributed by atoms with Crippen LogP contribution in [0.5, 0.6) is 5.75 Å². The molecule has 1 aromatic heterocycles. The van der Waals surface area contributed by atoms with Crippen LogP contribution in [0.15, 0.2) is 29.1 Å². The van der Waals surface area contributed by atoms with Gasteiger partial charge < -0.3 is 9.30 Å². The van der Waals surface area contributed by atoms with E-state index in [2.05, 4.69) is 20.9 Å². The summed E-state index contributed by atoms with van der Waals surface area (Å²) in [5, 5.41) is 0. The quantitative estimate of drug-likeness (QED) is 0.807. The summed E-state index contributed by atoms with van der Waals surface area (Å²) in [4.78, 5) is 3.97. The Labute approximate surface area is 112 Å². The Bertz CT molecular complexity index is 557. The van der Waals surface area contributed by atoms with E-state index in [1.54, 1.807) is 12.5 Å². The van der Waals surface area contributed by atoms with Gasteiger partial charge in [-0.1, -0.05) is 15.9 Å². The molecule has 2 rings (SSSR count). The average Bonchev–Trinajstić information content (AvgIpc) is 2.79. The second-order valence-electron chi connectivity index (χ2n) is 3.66. The fourth-order valence-electron chi connectivity index (χ4n) is 1.54. The standard InChI is InChI=1S/C12H11BrF2N2O/c1-2-17-7-16-5-9(17)6-18-11-4-8(13)3-10(14)12(11)15/h3-5,7H,2,6H2,1H3. The van der Waals surface area contributed by atoms with Gasteiger partial charge in [-0.15, -0.1) is 0 Å². The monoisotopic (exact) mass is 316 g/mol. The van der Waals surface area contributed by atoms with Gasteiger partial charge in [0.15, 0.2) is 11.6 Å². The molecule has 1 aromatic carbocycles. The van der Waals surface area contributed by atoms with Crippen molar-refractivity contribution >= 4 is 15.9 Å². The van der Waals surface area contributed by atoms with E-state index in [1.165, 1.54) is 6.07 Å². The van der Waals surface area contributed by atoms with E-state index in [1.807, 2.05) is 11.5 Å². The van der Waals surface area contributed by atoms with Crippen LogP contribution in [0.25, 0.3) is 0 Å². The largest absolute Gasteiger partial charge is 0.484 e. The lowest BCUT2D eigenvalue weighted by Gasteiger charge is -2.09. The average molecular weight is 317 g/mol. The number of hydrogen-bond acceptors (Lipinski definition) is 2.